The van der Waals surface area contributed by atoms with Gasteiger partial charge in [0.1, 0.15) is 0 Å². The molecule has 0 aromatic rings. The minimum absolute atomic E-state index is 1.11. The van der Waals surface area contributed by atoms with E-state index in [9.17, 15) is 0 Å². The molecule has 0 unspecified atom stereocenters. The molecule has 0 aliphatic carbocycles. The lowest BCUT2D eigenvalue weighted by Crippen LogP contribution is -1.80. The van der Waals surface area contributed by atoms with Gasteiger partial charge in [-0.25, -0.2) is 0 Å². The molecule has 0 heteroatoms. The van der Waals surface area contributed by atoms with Gasteiger partial charge < -0.3 is 0 Å². The SMILES string of the molecule is [CH2]CCCCCCCC=CCCCCCCCCCC. The summed E-state index contributed by atoms with van der Waals surface area (Å²) < 4.78 is 0. The van der Waals surface area contributed by atoms with E-state index in [0.717, 1.165) is 6.42 Å². The van der Waals surface area contributed by atoms with Crippen molar-refractivity contribution in [3.8, 4) is 0 Å². The molecule has 1 radical (unpaired) electrons. The van der Waals surface area contributed by atoms with Crippen molar-refractivity contribution in [3.63, 3.8) is 0 Å². The van der Waals surface area contributed by atoms with Gasteiger partial charge in [-0.15, -0.1) is 0 Å². The molecular weight excluding hydrogens is 240 g/mol. The maximum absolute atomic E-state index is 3.88. The smallest absolute Gasteiger partial charge is 0.0351 e. The second kappa shape index (κ2) is 18.7. The Labute approximate surface area is 129 Å². The van der Waals surface area contributed by atoms with Crippen molar-refractivity contribution >= 4 is 0 Å². The molecule has 0 fully saturated rings. The zero-order valence-electron chi connectivity index (χ0n) is 14.2. The molecule has 0 aromatic carbocycles. The Kier molecular flexibility index (Phi) is 18.5. The zero-order valence-corrected chi connectivity index (χ0v) is 14.2. The molecule has 0 atom stereocenters. The third kappa shape index (κ3) is 17.7. The van der Waals surface area contributed by atoms with E-state index in [4.69, 9.17) is 0 Å². The Morgan fingerprint density at radius 3 is 1.40 bits per heavy atom. The van der Waals surface area contributed by atoms with Gasteiger partial charge in [-0.2, -0.15) is 0 Å². The number of allylic oxidation sites excluding steroid dienone is 2. The topological polar surface area (TPSA) is 0 Å². The minimum Gasteiger partial charge on any atom is -0.0885 e. The largest absolute Gasteiger partial charge is 0.0885 e. The fraction of sp³-hybridized carbons (Fsp3) is 0.850. The summed E-state index contributed by atoms with van der Waals surface area (Å²) in [5, 5.41) is 0. The molecule has 119 valence electrons. The summed E-state index contributed by atoms with van der Waals surface area (Å²) in [6.07, 6.45) is 26.8. The average Bonchev–Trinajstić information content (AvgIpc) is 2.47. The van der Waals surface area contributed by atoms with Crippen molar-refractivity contribution < 1.29 is 0 Å². The number of hydrogen-bond acceptors (Lipinski definition) is 0. The first-order chi connectivity index (χ1) is 9.91. The van der Waals surface area contributed by atoms with Crippen molar-refractivity contribution in [2.24, 2.45) is 0 Å². The molecule has 0 bridgehead atoms. The molecule has 0 saturated carbocycles. The second-order valence-corrected chi connectivity index (χ2v) is 6.14. The summed E-state index contributed by atoms with van der Waals surface area (Å²) in [7, 11) is 0. The van der Waals surface area contributed by atoms with E-state index < -0.39 is 0 Å². The van der Waals surface area contributed by atoms with Crippen LogP contribution in [-0.2, 0) is 0 Å². The molecule has 20 heavy (non-hydrogen) atoms. The highest BCUT2D eigenvalue weighted by Crippen LogP contribution is 2.10. The van der Waals surface area contributed by atoms with Crippen LogP contribution in [0.1, 0.15) is 110 Å². The molecule has 0 amide bonds. The predicted octanol–water partition coefficient (Wildman–Crippen LogP) is 7.64. The van der Waals surface area contributed by atoms with E-state index in [2.05, 4.69) is 26.0 Å². The van der Waals surface area contributed by atoms with Crippen LogP contribution in [-0.4, -0.2) is 0 Å². The zero-order chi connectivity index (χ0) is 14.7. The fourth-order valence-corrected chi connectivity index (χ4v) is 2.60. The summed E-state index contributed by atoms with van der Waals surface area (Å²) in [5.41, 5.74) is 0. The van der Waals surface area contributed by atoms with E-state index in [1.807, 2.05) is 0 Å². The molecule has 0 rings (SSSR count). The Balaban J connectivity index is 3.01. The third-order valence-electron chi connectivity index (χ3n) is 4.01. The second-order valence-electron chi connectivity index (χ2n) is 6.14. The summed E-state index contributed by atoms with van der Waals surface area (Å²) in [4.78, 5) is 0. The average molecular weight is 280 g/mol. The van der Waals surface area contributed by atoms with E-state index >= 15 is 0 Å². The Morgan fingerprint density at radius 2 is 0.950 bits per heavy atom. The summed E-state index contributed by atoms with van der Waals surface area (Å²) in [6, 6.07) is 0. The molecule has 0 nitrogen and oxygen atoms in total. The molecular formula is C20H39. The van der Waals surface area contributed by atoms with Crippen LogP contribution in [0.15, 0.2) is 12.2 Å². The van der Waals surface area contributed by atoms with Gasteiger partial charge in [0.25, 0.3) is 0 Å². The van der Waals surface area contributed by atoms with Gasteiger partial charge in [0, 0.05) is 0 Å². The Morgan fingerprint density at radius 1 is 0.550 bits per heavy atom. The molecule has 0 aromatic heterocycles. The molecule has 0 aliphatic heterocycles. The lowest BCUT2D eigenvalue weighted by atomic mass is 10.1. The van der Waals surface area contributed by atoms with E-state index in [-0.39, 0.29) is 0 Å². The van der Waals surface area contributed by atoms with Gasteiger partial charge in [-0.1, -0.05) is 103 Å². The standard InChI is InChI=1S/C20H39/c1-3-5-7-9-11-13-15-17-19-20-18-16-14-12-10-8-6-4-2/h17,19H,1,3-16,18,20H2,2H3. The van der Waals surface area contributed by atoms with E-state index in [0.29, 0.717) is 0 Å². The fourth-order valence-electron chi connectivity index (χ4n) is 2.60. The lowest BCUT2D eigenvalue weighted by molar-refractivity contribution is 0.577. The van der Waals surface area contributed by atoms with Gasteiger partial charge >= 0.3 is 0 Å². The van der Waals surface area contributed by atoms with Gasteiger partial charge in [0.2, 0.25) is 0 Å². The molecule has 0 spiro atoms. The van der Waals surface area contributed by atoms with Crippen LogP contribution in [0, 0.1) is 6.92 Å². The first-order valence-electron chi connectivity index (χ1n) is 9.36. The van der Waals surface area contributed by atoms with Gasteiger partial charge in [0.15, 0.2) is 0 Å². The number of hydrogen-bond donors (Lipinski definition) is 0. The van der Waals surface area contributed by atoms with Crippen molar-refractivity contribution in [3.05, 3.63) is 19.1 Å². The van der Waals surface area contributed by atoms with Crippen LogP contribution >= 0.6 is 0 Å². The number of unbranched alkanes of at least 4 members (excludes halogenated alkanes) is 14. The minimum atomic E-state index is 1.11. The Bertz CT molecular complexity index is 180. The summed E-state index contributed by atoms with van der Waals surface area (Å²) in [6.45, 7) is 6.17. The van der Waals surface area contributed by atoms with Crippen molar-refractivity contribution in [2.45, 2.75) is 110 Å². The van der Waals surface area contributed by atoms with Crippen LogP contribution in [0.25, 0.3) is 0 Å². The molecule has 0 saturated heterocycles. The van der Waals surface area contributed by atoms with Gasteiger partial charge in [-0.05, 0) is 25.7 Å². The maximum Gasteiger partial charge on any atom is -0.0351 e. The molecule has 0 N–H and O–H groups in total. The Hall–Kier alpha value is -0.260. The van der Waals surface area contributed by atoms with Crippen molar-refractivity contribution in [1.82, 2.24) is 0 Å². The molecule has 0 aliphatic rings. The molecule has 0 heterocycles. The highest BCUT2D eigenvalue weighted by Gasteiger charge is 1.91. The monoisotopic (exact) mass is 279 g/mol. The van der Waals surface area contributed by atoms with Crippen LogP contribution < -0.4 is 0 Å². The van der Waals surface area contributed by atoms with Crippen LogP contribution in [0.2, 0.25) is 0 Å². The quantitative estimate of drug-likeness (QED) is 0.201. The van der Waals surface area contributed by atoms with E-state index in [1.165, 1.54) is 96.3 Å². The van der Waals surface area contributed by atoms with E-state index in [1.54, 1.807) is 0 Å². The van der Waals surface area contributed by atoms with Crippen LogP contribution in [0.3, 0.4) is 0 Å². The van der Waals surface area contributed by atoms with Crippen LogP contribution in [0.5, 0.6) is 0 Å². The highest BCUT2D eigenvalue weighted by molar-refractivity contribution is 4.81. The summed E-state index contributed by atoms with van der Waals surface area (Å²) in [5.74, 6) is 0. The maximum atomic E-state index is 3.88. The number of rotatable bonds is 16. The van der Waals surface area contributed by atoms with Crippen LogP contribution in [0.4, 0.5) is 0 Å². The lowest BCUT2D eigenvalue weighted by Gasteiger charge is -2.00. The first kappa shape index (κ1) is 19.7. The first-order valence-corrected chi connectivity index (χ1v) is 9.36. The van der Waals surface area contributed by atoms with Gasteiger partial charge in [0.05, 0.1) is 0 Å². The van der Waals surface area contributed by atoms with Crippen molar-refractivity contribution in [1.29, 1.82) is 0 Å². The predicted molar refractivity (Wildman–Crippen MR) is 94.0 cm³/mol. The third-order valence-corrected chi connectivity index (χ3v) is 4.01. The van der Waals surface area contributed by atoms with Gasteiger partial charge in [-0.3, -0.25) is 0 Å². The highest BCUT2D eigenvalue weighted by atomic mass is 14.0. The summed E-state index contributed by atoms with van der Waals surface area (Å²) >= 11 is 0. The normalized spacial score (nSPS) is 11.5. The van der Waals surface area contributed by atoms with Crippen molar-refractivity contribution in [2.75, 3.05) is 0 Å².